The number of unbranched alkanes of at least 4 members (excludes halogenated alkanes) is 1. The molecule has 0 unspecified atom stereocenters. The summed E-state index contributed by atoms with van der Waals surface area (Å²) < 4.78 is 0. The number of hydrogen-bond donors (Lipinski definition) is 3. The normalized spacial score (nSPS) is 10.4. The predicted molar refractivity (Wildman–Crippen MR) is 121 cm³/mol. The lowest BCUT2D eigenvalue weighted by Crippen LogP contribution is -2.32. The van der Waals surface area contributed by atoms with Crippen molar-refractivity contribution in [3.05, 3.63) is 70.3 Å². The lowest BCUT2D eigenvalue weighted by molar-refractivity contribution is -0.384. The van der Waals surface area contributed by atoms with E-state index in [0.717, 1.165) is 12.8 Å². The van der Waals surface area contributed by atoms with Crippen molar-refractivity contribution >= 4 is 52.3 Å². The quantitative estimate of drug-likeness (QED) is 0.252. The van der Waals surface area contributed by atoms with Gasteiger partial charge in [0.1, 0.15) is 0 Å². The van der Waals surface area contributed by atoms with E-state index < -0.39 is 10.8 Å². The van der Waals surface area contributed by atoms with Gasteiger partial charge in [-0.15, -0.1) is 0 Å². The molecule has 3 N–H and O–H groups in total. The Morgan fingerprint density at radius 3 is 2.50 bits per heavy atom. The zero-order valence-electron chi connectivity index (χ0n) is 16.4. The van der Waals surface area contributed by atoms with E-state index in [1.54, 1.807) is 30.3 Å². The molecule has 0 aliphatic rings. The first kappa shape index (κ1) is 22.7. The Hall–Kier alpha value is -3.59. The summed E-state index contributed by atoms with van der Waals surface area (Å²) in [5, 5.41) is 19.1. The van der Waals surface area contributed by atoms with Gasteiger partial charge in [0.25, 0.3) is 5.69 Å². The molecule has 2 aromatic carbocycles. The molecule has 2 aromatic rings. The molecule has 0 saturated heterocycles. The Bertz CT molecular complexity index is 975. The first-order chi connectivity index (χ1) is 14.4. The number of hydrogen-bond acceptors (Lipinski definition) is 5. The standard InChI is InChI=1S/C21H22N4O4S/c1-2-3-10-19(26)22-16-7-5-8-17(14-16)23-21(30)24-20(27)12-11-15-6-4-9-18(13-15)25(28)29/h4-9,11-14H,2-3,10H2,1H3,(H,22,26)(H2,23,24,27,30)/b12-11+. The zero-order chi connectivity index (χ0) is 21.9. The highest BCUT2D eigenvalue weighted by Crippen LogP contribution is 2.16. The van der Waals surface area contributed by atoms with E-state index in [2.05, 4.69) is 16.0 Å². The van der Waals surface area contributed by atoms with Gasteiger partial charge in [0, 0.05) is 36.0 Å². The maximum atomic E-state index is 12.0. The van der Waals surface area contributed by atoms with Crippen molar-refractivity contribution in [2.75, 3.05) is 10.6 Å². The Morgan fingerprint density at radius 1 is 1.10 bits per heavy atom. The maximum Gasteiger partial charge on any atom is 0.270 e. The molecule has 0 aliphatic carbocycles. The van der Waals surface area contributed by atoms with Gasteiger partial charge in [-0.25, -0.2) is 0 Å². The van der Waals surface area contributed by atoms with Gasteiger partial charge in [-0.3, -0.25) is 25.0 Å². The van der Waals surface area contributed by atoms with Gasteiger partial charge >= 0.3 is 0 Å². The van der Waals surface area contributed by atoms with Crippen LogP contribution in [-0.4, -0.2) is 21.9 Å². The fourth-order valence-corrected chi connectivity index (χ4v) is 2.68. The molecule has 156 valence electrons. The molecule has 2 rings (SSSR count). The number of nitrogens with zero attached hydrogens (tertiary/aromatic N) is 1. The number of benzene rings is 2. The molecule has 0 aromatic heterocycles. The summed E-state index contributed by atoms with van der Waals surface area (Å²) >= 11 is 5.13. The number of non-ortho nitro benzene ring substituents is 1. The maximum absolute atomic E-state index is 12.0. The van der Waals surface area contributed by atoms with Gasteiger partial charge in [0.2, 0.25) is 11.8 Å². The van der Waals surface area contributed by atoms with Crippen molar-refractivity contribution < 1.29 is 14.5 Å². The fourth-order valence-electron chi connectivity index (χ4n) is 2.47. The van der Waals surface area contributed by atoms with Gasteiger partial charge in [0.05, 0.1) is 4.92 Å². The molecular weight excluding hydrogens is 404 g/mol. The van der Waals surface area contributed by atoms with Crippen LogP contribution in [-0.2, 0) is 9.59 Å². The molecule has 0 atom stereocenters. The van der Waals surface area contributed by atoms with Crippen molar-refractivity contribution in [1.29, 1.82) is 0 Å². The molecule has 2 amide bonds. The third-order valence-electron chi connectivity index (χ3n) is 3.91. The van der Waals surface area contributed by atoms with E-state index in [4.69, 9.17) is 12.2 Å². The number of rotatable bonds is 8. The van der Waals surface area contributed by atoms with E-state index in [-0.39, 0.29) is 16.7 Å². The van der Waals surface area contributed by atoms with Crippen molar-refractivity contribution in [2.24, 2.45) is 0 Å². The molecular formula is C21H22N4O4S. The second-order valence-corrected chi connectivity index (χ2v) is 6.77. The fraction of sp³-hybridized carbons (Fsp3) is 0.190. The lowest BCUT2D eigenvalue weighted by Gasteiger charge is -2.10. The van der Waals surface area contributed by atoms with Crippen LogP contribution in [0.2, 0.25) is 0 Å². The Labute approximate surface area is 179 Å². The lowest BCUT2D eigenvalue weighted by atomic mass is 10.2. The molecule has 30 heavy (non-hydrogen) atoms. The summed E-state index contributed by atoms with van der Waals surface area (Å²) in [6.45, 7) is 2.02. The third-order valence-corrected chi connectivity index (χ3v) is 4.11. The van der Waals surface area contributed by atoms with Gasteiger partial charge in [-0.05, 0) is 48.5 Å². The number of anilines is 2. The number of thiocarbonyl (C=S) groups is 1. The van der Waals surface area contributed by atoms with Crippen LogP contribution in [0.5, 0.6) is 0 Å². The van der Waals surface area contributed by atoms with Gasteiger partial charge in [-0.1, -0.05) is 31.5 Å². The van der Waals surface area contributed by atoms with Crippen LogP contribution in [0.3, 0.4) is 0 Å². The Balaban J connectivity index is 1.90. The van der Waals surface area contributed by atoms with Crippen molar-refractivity contribution in [2.45, 2.75) is 26.2 Å². The van der Waals surface area contributed by atoms with Crippen LogP contribution < -0.4 is 16.0 Å². The summed E-state index contributed by atoms with van der Waals surface area (Å²) in [7, 11) is 0. The number of amides is 2. The summed E-state index contributed by atoms with van der Waals surface area (Å²) in [4.78, 5) is 34.2. The van der Waals surface area contributed by atoms with Crippen LogP contribution in [0.15, 0.2) is 54.6 Å². The smallest absolute Gasteiger partial charge is 0.270 e. The SMILES string of the molecule is CCCCC(=O)Nc1cccc(NC(=S)NC(=O)/C=C/c2cccc([N+](=O)[O-])c2)c1. The topological polar surface area (TPSA) is 113 Å². The van der Waals surface area contributed by atoms with E-state index in [9.17, 15) is 19.7 Å². The third kappa shape index (κ3) is 7.80. The Morgan fingerprint density at radius 2 is 1.80 bits per heavy atom. The van der Waals surface area contributed by atoms with Crippen molar-refractivity contribution in [3.8, 4) is 0 Å². The van der Waals surface area contributed by atoms with Crippen LogP contribution in [0, 0.1) is 10.1 Å². The second kappa shape index (κ2) is 11.4. The summed E-state index contributed by atoms with van der Waals surface area (Å²) in [6, 6.07) is 12.9. The largest absolute Gasteiger partial charge is 0.332 e. The first-order valence-corrected chi connectivity index (χ1v) is 9.72. The van der Waals surface area contributed by atoms with Crippen LogP contribution in [0.1, 0.15) is 31.7 Å². The number of carbonyl (C=O) groups is 2. The number of nitrogens with one attached hydrogen (secondary N) is 3. The minimum absolute atomic E-state index is 0.0589. The molecule has 0 spiro atoms. The molecule has 9 heteroatoms. The monoisotopic (exact) mass is 426 g/mol. The minimum atomic E-state index is -0.503. The van der Waals surface area contributed by atoms with Crippen molar-refractivity contribution in [1.82, 2.24) is 5.32 Å². The second-order valence-electron chi connectivity index (χ2n) is 6.36. The zero-order valence-corrected chi connectivity index (χ0v) is 17.2. The van der Waals surface area contributed by atoms with Crippen LogP contribution in [0.4, 0.5) is 17.1 Å². The van der Waals surface area contributed by atoms with E-state index in [1.165, 1.54) is 30.4 Å². The number of nitro groups is 1. The average molecular weight is 426 g/mol. The van der Waals surface area contributed by atoms with Crippen LogP contribution >= 0.6 is 12.2 Å². The molecule has 0 heterocycles. The minimum Gasteiger partial charge on any atom is -0.332 e. The highest BCUT2D eigenvalue weighted by atomic mass is 32.1. The molecule has 0 fully saturated rings. The number of carbonyl (C=O) groups excluding carboxylic acids is 2. The van der Waals surface area contributed by atoms with E-state index in [1.807, 2.05) is 6.92 Å². The van der Waals surface area contributed by atoms with Gasteiger partial charge in [-0.2, -0.15) is 0 Å². The molecule has 0 aliphatic heterocycles. The Kier molecular flexibility index (Phi) is 8.64. The molecule has 8 nitrogen and oxygen atoms in total. The summed E-state index contributed by atoms with van der Waals surface area (Å²) in [5.41, 5.74) is 1.69. The molecule has 0 saturated carbocycles. The average Bonchev–Trinajstić information content (AvgIpc) is 2.71. The van der Waals surface area contributed by atoms with Gasteiger partial charge < -0.3 is 10.6 Å². The van der Waals surface area contributed by atoms with E-state index in [0.29, 0.717) is 23.4 Å². The highest BCUT2D eigenvalue weighted by Gasteiger charge is 2.06. The van der Waals surface area contributed by atoms with Crippen molar-refractivity contribution in [3.63, 3.8) is 0 Å². The van der Waals surface area contributed by atoms with Gasteiger partial charge in [0.15, 0.2) is 5.11 Å². The molecule has 0 radical (unpaired) electrons. The first-order valence-electron chi connectivity index (χ1n) is 9.32. The highest BCUT2D eigenvalue weighted by molar-refractivity contribution is 7.80. The van der Waals surface area contributed by atoms with E-state index >= 15 is 0 Å². The summed E-state index contributed by atoms with van der Waals surface area (Å²) in [6.07, 6.45) is 4.91. The van der Waals surface area contributed by atoms with Crippen LogP contribution in [0.25, 0.3) is 6.08 Å². The predicted octanol–water partition coefficient (Wildman–Crippen LogP) is 4.25. The molecule has 0 bridgehead atoms. The summed E-state index contributed by atoms with van der Waals surface area (Å²) in [5.74, 6) is -0.542. The number of nitro benzene ring substituents is 1.